The molecule has 186 valence electrons. The van der Waals surface area contributed by atoms with Gasteiger partial charge >= 0.3 is 5.97 Å². The first-order chi connectivity index (χ1) is 16.9. The Labute approximate surface area is 204 Å². The monoisotopic (exact) mass is 482 g/mol. The van der Waals surface area contributed by atoms with Gasteiger partial charge in [-0.25, -0.2) is 9.18 Å². The van der Waals surface area contributed by atoms with Crippen molar-refractivity contribution in [3.8, 4) is 11.5 Å². The first kappa shape index (κ1) is 26.0. The highest BCUT2D eigenvalue weighted by molar-refractivity contribution is 5.91. The Bertz CT molecular complexity index is 1130. The van der Waals surface area contributed by atoms with E-state index in [2.05, 4.69) is 6.92 Å². The Morgan fingerprint density at radius 2 is 1.77 bits per heavy atom. The van der Waals surface area contributed by atoms with Crippen molar-refractivity contribution in [2.45, 2.75) is 52.2 Å². The quantitative estimate of drug-likeness (QED) is 0.375. The average Bonchev–Trinajstić information content (AvgIpc) is 2.86. The van der Waals surface area contributed by atoms with Gasteiger partial charge in [-0.15, -0.1) is 0 Å². The van der Waals surface area contributed by atoms with Gasteiger partial charge in [-0.2, -0.15) is 0 Å². The first-order valence-electron chi connectivity index (χ1n) is 11.8. The first-order valence-corrected chi connectivity index (χ1v) is 11.8. The molecule has 1 saturated carbocycles. The number of carboxylic acids is 1. The van der Waals surface area contributed by atoms with Crippen LogP contribution in [0.5, 0.6) is 11.5 Å². The largest absolute Gasteiger partial charge is 0.493 e. The second kappa shape index (κ2) is 12.7. The molecule has 0 bridgehead atoms. The van der Waals surface area contributed by atoms with Crippen LogP contribution in [0.15, 0.2) is 54.6 Å². The van der Waals surface area contributed by atoms with Crippen LogP contribution in [0.1, 0.15) is 55.5 Å². The number of carbonyl (C=O) groups excluding carboxylic acids is 1. The van der Waals surface area contributed by atoms with Gasteiger partial charge in [0.1, 0.15) is 17.9 Å². The molecule has 7 heteroatoms. The van der Waals surface area contributed by atoms with Crippen LogP contribution < -0.4 is 9.47 Å². The van der Waals surface area contributed by atoms with Crippen molar-refractivity contribution >= 4 is 23.2 Å². The molecule has 0 atom stereocenters. The number of halogens is 1. The van der Waals surface area contributed by atoms with Crippen molar-refractivity contribution in [2.24, 2.45) is 5.92 Å². The lowest BCUT2D eigenvalue weighted by Gasteiger charge is -2.27. The van der Waals surface area contributed by atoms with E-state index in [9.17, 15) is 19.1 Å². The summed E-state index contributed by atoms with van der Waals surface area (Å²) in [5.41, 5.74) is 0.965. The summed E-state index contributed by atoms with van der Waals surface area (Å²) in [4.78, 5) is 21.3. The van der Waals surface area contributed by atoms with Crippen molar-refractivity contribution in [3.05, 3.63) is 71.5 Å². The molecule has 0 unspecified atom stereocenters. The number of hydrogen-bond donors (Lipinski definition) is 1. The minimum atomic E-state index is -1.15. The van der Waals surface area contributed by atoms with Crippen molar-refractivity contribution < 1.29 is 33.3 Å². The van der Waals surface area contributed by atoms with Crippen LogP contribution in [0.25, 0.3) is 10.8 Å². The molecule has 0 aromatic heterocycles. The summed E-state index contributed by atoms with van der Waals surface area (Å²) in [6, 6.07) is 16.3. The Morgan fingerprint density at radius 3 is 2.46 bits per heavy atom. The molecular weight excluding hydrogens is 451 g/mol. The van der Waals surface area contributed by atoms with Crippen LogP contribution in [0.3, 0.4) is 0 Å². The lowest BCUT2D eigenvalue weighted by atomic mass is 9.89. The minimum absolute atomic E-state index is 0.00425. The normalized spacial score (nSPS) is 17.1. The summed E-state index contributed by atoms with van der Waals surface area (Å²) in [6.07, 6.45) is 3.80. The summed E-state index contributed by atoms with van der Waals surface area (Å²) in [5, 5.41) is 11.5. The van der Waals surface area contributed by atoms with E-state index in [0.29, 0.717) is 19.0 Å². The van der Waals surface area contributed by atoms with E-state index in [1.54, 1.807) is 6.92 Å². The van der Waals surface area contributed by atoms with Crippen LogP contribution >= 0.6 is 0 Å². The summed E-state index contributed by atoms with van der Waals surface area (Å²) in [7, 11) is 0. The summed E-state index contributed by atoms with van der Waals surface area (Å²) >= 11 is 0. The third kappa shape index (κ3) is 7.18. The van der Waals surface area contributed by atoms with E-state index >= 15 is 0 Å². The topological polar surface area (TPSA) is 82.1 Å². The Kier molecular flexibility index (Phi) is 9.47. The SMILES string of the molecule is CCOc1cc(F)c(OC2CCC(C)CC2)cc1C(=O)O.O=COCc1cccc2ccccc12. The van der Waals surface area contributed by atoms with E-state index in [1.165, 1.54) is 11.5 Å². The second-order valence-corrected chi connectivity index (χ2v) is 8.56. The van der Waals surface area contributed by atoms with Crippen molar-refractivity contribution in [1.82, 2.24) is 0 Å². The molecule has 0 saturated heterocycles. The molecule has 0 amide bonds. The maximum Gasteiger partial charge on any atom is 0.339 e. The predicted octanol–water partition coefficient (Wildman–Crippen LogP) is 6.39. The van der Waals surface area contributed by atoms with Crippen LogP contribution in [-0.4, -0.2) is 30.3 Å². The van der Waals surface area contributed by atoms with E-state index in [1.807, 2.05) is 42.5 Å². The fourth-order valence-corrected chi connectivity index (χ4v) is 4.14. The molecule has 0 heterocycles. The molecular formula is C28H31FO6. The molecule has 4 rings (SSSR count). The number of ether oxygens (including phenoxy) is 3. The van der Waals surface area contributed by atoms with Gasteiger partial charge < -0.3 is 19.3 Å². The highest BCUT2D eigenvalue weighted by atomic mass is 19.1. The number of carboxylic acid groups (broad SMARTS) is 1. The zero-order chi connectivity index (χ0) is 25.2. The summed E-state index contributed by atoms with van der Waals surface area (Å²) < 4.78 is 29.6. The average molecular weight is 483 g/mol. The van der Waals surface area contributed by atoms with E-state index in [-0.39, 0.29) is 29.8 Å². The number of fused-ring (bicyclic) bond motifs is 1. The molecule has 6 nitrogen and oxygen atoms in total. The molecule has 35 heavy (non-hydrogen) atoms. The Hall–Kier alpha value is -3.61. The smallest absolute Gasteiger partial charge is 0.339 e. The van der Waals surface area contributed by atoms with Crippen LogP contribution in [0.2, 0.25) is 0 Å². The molecule has 0 aliphatic heterocycles. The van der Waals surface area contributed by atoms with Gasteiger partial charge in [0.05, 0.1) is 12.7 Å². The lowest BCUT2D eigenvalue weighted by Crippen LogP contribution is -2.23. The third-order valence-electron chi connectivity index (χ3n) is 6.01. The number of hydrogen-bond acceptors (Lipinski definition) is 5. The zero-order valence-electron chi connectivity index (χ0n) is 20.0. The van der Waals surface area contributed by atoms with Gasteiger partial charge in [0.25, 0.3) is 6.47 Å². The number of rotatable bonds is 8. The fourth-order valence-electron chi connectivity index (χ4n) is 4.14. The van der Waals surface area contributed by atoms with Crippen LogP contribution in [0.4, 0.5) is 4.39 Å². The van der Waals surface area contributed by atoms with E-state index < -0.39 is 11.8 Å². The maximum atomic E-state index is 14.1. The minimum Gasteiger partial charge on any atom is -0.493 e. The number of carbonyl (C=O) groups is 2. The van der Waals surface area contributed by atoms with Crippen LogP contribution in [0, 0.1) is 11.7 Å². The molecule has 1 N–H and O–H groups in total. The van der Waals surface area contributed by atoms with E-state index in [4.69, 9.17) is 14.2 Å². The van der Waals surface area contributed by atoms with Gasteiger partial charge in [-0.3, -0.25) is 4.79 Å². The Balaban J connectivity index is 0.000000211. The van der Waals surface area contributed by atoms with E-state index in [0.717, 1.165) is 42.7 Å². The standard InChI is InChI=1S/C16H21FO4.C12H10O2/c1-3-20-14-9-13(17)15(8-12(14)16(18)19)21-11-6-4-10(2)5-7-11;13-9-14-8-11-6-3-5-10-4-1-2-7-12(10)11/h8-11H,3-7H2,1-2H3,(H,18,19);1-7,9H,8H2. The summed E-state index contributed by atoms with van der Waals surface area (Å²) in [5.74, 6) is -1.03. The Morgan fingerprint density at radius 1 is 1.06 bits per heavy atom. The molecule has 1 aliphatic rings. The highest BCUT2D eigenvalue weighted by Crippen LogP contribution is 2.32. The number of benzene rings is 3. The van der Waals surface area contributed by atoms with Crippen molar-refractivity contribution in [1.29, 1.82) is 0 Å². The highest BCUT2D eigenvalue weighted by Gasteiger charge is 2.23. The second-order valence-electron chi connectivity index (χ2n) is 8.56. The van der Waals surface area contributed by atoms with Crippen LogP contribution in [-0.2, 0) is 16.1 Å². The van der Waals surface area contributed by atoms with Gasteiger partial charge in [0.2, 0.25) is 0 Å². The van der Waals surface area contributed by atoms with Gasteiger partial charge in [-0.05, 0) is 54.9 Å². The number of aromatic carboxylic acids is 1. The third-order valence-corrected chi connectivity index (χ3v) is 6.01. The lowest BCUT2D eigenvalue weighted by molar-refractivity contribution is -0.129. The van der Waals surface area contributed by atoms with Crippen molar-refractivity contribution in [3.63, 3.8) is 0 Å². The molecule has 0 spiro atoms. The molecule has 1 fully saturated rings. The molecule has 3 aromatic rings. The molecule has 1 aliphatic carbocycles. The maximum absolute atomic E-state index is 14.1. The van der Waals surface area contributed by atoms with Gasteiger partial charge in [-0.1, -0.05) is 49.4 Å². The van der Waals surface area contributed by atoms with Gasteiger partial charge in [0.15, 0.2) is 11.6 Å². The predicted molar refractivity (Wildman–Crippen MR) is 131 cm³/mol. The van der Waals surface area contributed by atoms with Gasteiger partial charge in [0, 0.05) is 12.1 Å². The van der Waals surface area contributed by atoms with Crippen molar-refractivity contribution in [2.75, 3.05) is 6.61 Å². The summed E-state index contributed by atoms with van der Waals surface area (Å²) in [6.45, 7) is 5.00. The zero-order valence-corrected chi connectivity index (χ0v) is 20.0. The molecule has 3 aromatic carbocycles. The fraction of sp³-hybridized carbons (Fsp3) is 0.357. The molecule has 0 radical (unpaired) electrons.